The molecule has 0 spiro atoms. The number of fused-ring (bicyclic) bond motifs is 1. The molecule has 0 aliphatic rings. The van der Waals surface area contributed by atoms with E-state index in [-0.39, 0.29) is 5.75 Å². The van der Waals surface area contributed by atoms with E-state index in [4.69, 9.17) is 23.2 Å². The summed E-state index contributed by atoms with van der Waals surface area (Å²) >= 11 is 12.4. The summed E-state index contributed by atoms with van der Waals surface area (Å²) in [5.74, 6) is 0.811. The molecule has 4 rings (SSSR count). The molecule has 2 heterocycles. The molecule has 2 aromatic carbocycles. The molecule has 140 valence electrons. The molecule has 0 aliphatic heterocycles. The van der Waals surface area contributed by atoms with Crippen LogP contribution >= 0.6 is 23.2 Å². The van der Waals surface area contributed by atoms with Crippen LogP contribution in [0.1, 0.15) is 22.9 Å². The molecule has 0 aliphatic carbocycles. The number of nitrogens with one attached hydrogen (secondary N) is 1. The number of pyridine rings is 2. The van der Waals surface area contributed by atoms with Gasteiger partial charge in [-0.05, 0) is 42.8 Å². The van der Waals surface area contributed by atoms with Gasteiger partial charge in [0.2, 0.25) is 0 Å². The second kappa shape index (κ2) is 7.66. The summed E-state index contributed by atoms with van der Waals surface area (Å²) in [5.41, 5.74) is 2.96. The van der Waals surface area contributed by atoms with Crippen LogP contribution in [0.3, 0.4) is 0 Å². The molecule has 0 bridgehead atoms. The zero-order valence-corrected chi connectivity index (χ0v) is 16.5. The average Bonchev–Trinajstić information content (AvgIpc) is 2.69. The fraction of sp³-hybridized carbons (Fsp3) is 0.0909. The van der Waals surface area contributed by atoms with Crippen LogP contribution in [0.4, 0.5) is 5.82 Å². The molecule has 4 aromatic rings. The summed E-state index contributed by atoms with van der Waals surface area (Å²) in [6.07, 6.45) is 1.66. The van der Waals surface area contributed by atoms with E-state index >= 15 is 0 Å². The van der Waals surface area contributed by atoms with Crippen molar-refractivity contribution in [3.05, 3.63) is 93.7 Å². The monoisotopic (exact) mass is 409 g/mol. The highest BCUT2D eigenvalue weighted by molar-refractivity contribution is 6.42. The standard InChI is InChI=1S/C22H17Cl2N3O/c1-13-4-2-6-19(26-13)27-20(15-8-10-17(23)18(24)12-15)16-9-7-14-5-3-11-25-21(14)22(16)28/h2-12,20,28H,1H3,(H,26,27). The van der Waals surface area contributed by atoms with Crippen molar-refractivity contribution in [1.82, 2.24) is 9.97 Å². The summed E-state index contributed by atoms with van der Waals surface area (Å²) in [7, 11) is 0. The van der Waals surface area contributed by atoms with Gasteiger partial charge in [-0.1, -0.05) is 53.5 Å². The minimum absolute atomic E-state index is 0.120. The topological polar surface area (TPSA) is 58.0 Å². The van der Waals surface area contributed by atoms with Gasteiger partial charge in [0.25, 0.3) is 0 Å². The van der Waals surface area contributed by atoms with E-state index in [1.807, 2.05) is 55.5 Å². The quantitative estimate of drug-likeness (QED) is 0.424. The van der Waals surface area contributed by atoms with Crippen LogP contribution in [0.15, 0.2) is 66.9 Å². The van der Waals surface area contributed by atoms with Crippen LogP contribution in [0.25, 0.3) is 10.9 Å². The highest BCUT2D eigenvalue weighted by atomic mass is 35.5. The Labute approximate surface area is 172 Å². The van der Waals surface area contributed by atoms with Crippen LogP contribution in [0, 0.1) is 6.92 Å². The number of hydrogen-bond acceptors (Lipinski definition) is 4. The fourth-order valence-corrected chi connectivity index (χ4v) is 3.49. The first-order chi connectivity index (χ1) is 13.5. The summed E-state index contributed by atoms with van der Waals surface area (Å²) in [4.78, 5) is 8.86. The number of rotatable bonds is 4. The lowest BCUT2D eigenvalue weighted by Crippen LogP contribution is -2.14. The minimum Gasteiger partial charge on any atom is -0.505 e. The zero-order valence-electron chi connectivity index (χ0n) is 15.0. The summed E-state index contributed by atoms with van der Waals surface area (Å²) in [5, 5.41) is 16.1. The molecule has 0 radical (unpaired) electrons. The third-order valence-corrected chi connectivity index (χ3v) is 5.29. The van der Waals surface area contributed by atoms with Gasteiger partial charge >= 0.3 is 0 Å². The predicted octanol–water partition coefficient (Wildman–Crippen LogP) is 6.15. The lowest BCUT2D eigenvalue weighted by molar-refractivity contribution is 0.471. The Morgan fingerprint density at radius 1 is 0.964 bits per heavy atom. The molecule has 0 saturated heterocycles. The second-order valence-corrected chi connectivity index (χ2v) is 7.31. The Morgan fingerprint density at radius 3 is 2.61 bits per heavy atom. The first-order valence-electron chi connectivity index (χ1n) is 8.74. The van der Waals surface area contributed by atoms with Gasteiger partial charge in [0.1, 0.15) is 17.1 Å². The van der Waals surface area contributed by atoms with Crippen molar-refractivity contribution >= 4 is 39.9 Å². The third-order valence-electron chi connectivity index (χ3n) is 4.55. The molecular formula is C22H17Cl2N3O. The SMILES string of the molecule is Cc1cccc(NC(c2ccc(Cl)c(Cl)c2)c2ccc3cccnc3c2O)n1. The summed E-state index contributed by atoms with van der Waals surface area (Å²) in [6.45, 7) is 1.93. The number of benzene rings is 2. The molecule has 0 fully saturated rings. The predicted molar refractivity (Wildman–Crippen MR) is 114 cm³/mol. The zero-order chi connectivity index (χ0) is 19.7. The normalized spacial score (nSPS) is 12.1. The van der Waals surface area contributed by atoms with Gasteiger partial charge in [-0.2, -0.15) is 0 Å². The second-order valence-electron chi connectivity index (χ2n) is 6.49. The Kier molecular flexibility index (Phi) is 5.07. The van der Waals surface area contributed by atoms with Crippen molar-refractivity contribution in [3.63, 3.8) is 0 Å². The van der Waals surface area contributed by atoms with Crippen molar-refractivity contribution in [2.24, 2.45) is 0 Å². The molecule has 28 heavy (non-hydrogen) atoms. The Morgan fingerprint density at radius 2 is 1.82 bits per heavy atom. The summed E-state index contributed by atoms with van der Waals surface area (Å²) < 4.78 is 0. The Balaban J connectivity index is 1.87. The van der Waals surface area contributed by atoms with Crippen molar-refractivity contribution in [2.45, 2.75) is 13.0 Å². The molecule has 6 heteroatoms. The van der Waals surface area contributed by atoms with E-state index in [1.165, 1.54) is 0 Å². The molecule has 4 nitrogen and oxygen atoms in total. The number of aryl methyl sites for hydroxylation is 1. The number of halogens is 2. The number of aromatic nitrogens is 2. The van der Waals surface area contributed by atoms with Gasteiger partial charge in [-0.25, -0.2) is 4.98 Å². The maximum absolute atomic E-state index is 11.0. The Bertz CT molecular complexity index is 1160. The van der Waals surface area contributed by atoms with Crippen LogP contribution in [-0.4, -0.2) is 15.1 Å². The van der Waals surface area contributed by atoms with Crippen LogP contribution < -0.4 is 5.32 Å². The first kappa shape index (κ1) is 18.5. The lowest BCUT2D eigenvalue weighted by Gasteiger charge is -2.22. The van der Waals surface area contributed by atoms with Crippen molar-refractivity contribution in [2.75, 3.05) is 5.32 Å². The number of anilines is 1. The maximum Gasteiger partial charge on any atom is 0.147 e. The third kappa shape index (κ3) is 3.61. The molecule has 1 atom stereocenters. The molecule has 1 unspecified atom stereocenters. The number of aromatic hydroxyl groups is 1. The van der Waals surface area contributed by atoms with Crippen molar-refractivity contribution < 1.29 is 5.11 Å². The van der Waals surface area contributed by atoms with Gasteiger partial charge < -0.3 is 10.4 Å². The van der Waals surface area contributed by atoms with Crippen molar-refractivity contribution in [1.29, 1.82) is 0 Å². The van der Waals surface area contributed by atoms with E-state index in [0.29, 0.717) is 26.9 Å². The van der Waals surface area contributed by atoms with E-state index in [2.05, 4.69) is 15.3 Å². The first-order valence-corrected chi connectivity index (χ1v) is 9.50. The summed E-state index contributed by atoms with van der Waals surface area (Å²) in [6, 6.07) is 18.3. The highest BCUT2D eigenvalue weighted by Gasteiger charge is 2.21. The van der Waals surface area contributed by atoms with Gasteiger partial charge in [0.05, 0.1) is 16.1 Å². The highest BCUT2D eigenvalue weighted by Crippen LogP contribution is 2.37. The molecule has 2 N–H and O–H groups in total. The van der Waals surface area contributed by atoms with Crippen LogP contribution in [0.5, 0.6) is 5.75 Å². The van der Waals surface area contributed by atoms with Gasteiger partial charge in [0, 0.05) is 22.8 Å². The minimum atomic E-state index is -0.393. The van der Waals surface area contributed by atoms with Crippen LogP contribution in [0.2, 0.25) is 10.0 Å². The number of phenols is 1. The molecular weight excluding hydrogens is 393 g/mol. The van der Waals surface area contributed by atoms with E-state index < -0.39 is 6.04 Å². The lowest BCUT2D eigenvalue weighted by atomic mass is 9.96. The smallest absolute Gasteiger partial charge is 0.147 e. The molecule has 0 saturated carbocycles. The average molecular weight is 410 g/mol. The largest absolute Gasteiger partial charge is 0.505 e. The van der Waals surface area contributed by atoms with Crippen LogP contribution in [-0.2, 0) is 0 Å². The molecule has 2 aromatic heterocycles. The Hall–Kier alpha value is -2.82. The number of nitrogens with zero attached hydrogens (tertiary/aromatic N) is 2. The maximum atomic E-state index is 11.0. The molecule has 0 amide bonds. The number of hydrogen-bond donors (Lipinski definition) is 2. The van der Waals surface area contributed by atoms with Gasteiger partial charge in [-0.15, -0.1) is 0 Å². The van der Waals surface area contributed by atoms with Crippen molar-refractivity contribution in [3.8, 4) is 5.75 Å². The van der Waals surface area contributed by atoms with Gasteiger partial charge in [0.15, 0.2) is 0 Å². The number of phenolic OH excluding ortho intramolecular Hbond substituents is 1. The van der Waals surface area contributed by atoms with E-state index in [9.17, 15) is 5.11 Å². The fourth-order valence-electron chi connectivity index (χ4n) is 3.18. The van der Waals surface area contributed by atoms with E-state index in [0.717, 1.165) is 16.6 Å². The van der Waals surface area contributed by atoms with E-state index in [1.54, 1.807) is 18.3 Å². The van der Waals surface area contributed by atoms with Gasteiger partial charge in [-0.3, -0.25) is 4.98 Å².